The number of nitrogens with zero attached hydrogens (tertiary/aromatic N) is 1. The highest BCUT2D eigenvalue weighted by Gasteiger charge is 2.07. The molecule has 146 valence electrons. The summed E-state index contributed by atoms with van der Waals surface area (Å²) >= 11 is 0. The molecule has 0 bridgehead atoms. The van der Waals surface area contributed by atoms with Crippen LogP contribution in [0, 0.1) is 0 Å². The van der Waals surface area contributed by atoms with Gasteiger partial charge in [-0.15, -0.1) is 0 Å². The first-order valence-corrected chi connectivity index (χ1v) is 9.89. The molecule has 0 aliphatic rings. The summed E-state index contributed by atoms with van der Waals surface area (Å²) in [7, 11) is 0. The summed E-state index contributed by atoms with van der Waals surface area (Å²) in [5.74, 6) is 1.13. The SMILES string of the molecule is CCNC(=O)CCc1nc2ccc(-c3ccc(CCCC(C)=O)cc3)cc2[nH]1. The van der Waals surface area contributed by atoms with E-state index in [9.17, 15) is 9.59 Å². The van der Waals surface area contributed by atoms with E-state index >= 15 is 0 Å². The molecular formula is C23H27N3O2. The molecule has 0 saturated carbocycles. The smallest absolute Gasteiger partial charge is 0.220 e. The van der Waals surface area contributed by atoms with E-state index in [-0.39, 0.29) is 11.7 Å². The van der Waals surface area contributed by atoms with Crippen LogP contribution in [0.3, 0.4) is 0 Å². The maximum absolute atomic E-state index is 11.6. The van der Waals surface area contributed by atoms with Crippen molar-refractivity contribution in [3.8, 4) is 11.1 Å². The molecule has 0 atom stereocenters. The second-order valence-electron chi connectivity index (χ2n) is 7.12. The van der Waals surface area contributed by atoms with Crippen LogP contribution in [0.25, 0.3) is 22.2 Å². The molecule has 0 unspecified atom stereocenters. The summed E-state index contributed by atoms with van der Waals surface area (Å²) in [6, 6.07) is 14.7. The third-order valence-electron chi connectivity index (χ3n) is 4.78. The van der Waals surface area contributed by atoms with Crippen molar-refractivity contribution >= 4 is 22.7 Å². The van der Waals surface area contributed by atoms with Gasteiger partial charge in [0, 0.05) is 25.8 Å². The Bertz CT molecular complexity index is 958. The minimum atomic E-state index is 0.0482. The lowest BCUT2D eigenvalue weighted by Crippen LogP contribution is -2.22. The van der Waals surface area contributed by atoms with Gasteiger partial charge in [0.2, 0.25) is 5.91 Å². The third-order valence-corrected chi connectivity index (χ3v) is 4.78. The van der Waals surface area contributed by atoms with Crippen LogP contribution < -0.4 is 5.32 Å². The second kappa shape index (κ2) is 9.31. The number of hydrogen-bond acceptors (Lipinski definition) is 3. The first kappa shape index (κ1) is 19.8. The third kappa shape index (κ3) is 5.28. The van der Waals surface area contributed by atoms with E-state index < -0.39 is 0 Å². The van der Waals surface area contributed by atoms with E-state index in [1.807, 2.05) is 13.0 Å². The lowest BCUT2D eigenvalue weighted by Gasteiger charge is -2.04. The van der Waals surface area contributed by atoms with Crippen LogP contribution in [0.2, 0.25) is 0 Å². The number of rotatable bonds is 9. The Morgan fingerprint density at radius 2 is 1.75 bits per heavy atom. The quantitative estimate of drug-likeness (QED) is 0.586. The zero-order chi connectivity index (χ0) is 19.9. The van der Waals surface area contributed by atoms with Crippen LogP contribution in [0.1, 0.15) is 44.5 Å². The molecule has 5 nitrogen and oxygen atoms in total. The fourth-order valence-corrected chi connectivity index (χ4v) is 3.28. The molecule has 0 saturated heterocycles. The van der Waals surface area contributed by atoms with E-state index in [0.717, 1.165) is 40.8 Å². The summed E-state index contributed by atoms with van der Waals surface area (Å²) in [5, 5.41) is 2.81. The van der Waals surface area contributed by atoms with Crippen molar-refractivity contribution in [2.75, 3.05) is 6.54 Å². The first-order chi connectivity index (χ1) is 13.5. The second-order valence-corrected chi connectivity index (χ2v) is 7.12. The Balaban J connectivity index is 1.68. The van der Waals surface area contributed by atoms with E-state index in [1.165, 1.54) is 5.56 Å². The minimum Gasteiger partial charge on any atom is -0.356 e. The lowest BCUT2D eigenvalue weighted by atomic mass is 10.0. The number of carbonyl (C=O) groups excluding carboxylic acids is 2. The Morgan fingerprint density at radius 1 is 1.00 bits per heavy atom. The number of fused-ring (bicyclic) bond motifs is 1. The average molecular weight is 377 g/mol. The van der Waals surface area contributed by atoms with Gasteiger partial charge < -0.3 is 15.1 Å². The Morgan fingerprint density at radius 3 is 2.46 bits per heavy atom. The molecule has 1 heterocycles. The molecule has 0 aliphatic heterocycles. The topological polar surface area (TPSA) is 74.8 Å². The van der Waals surface area contributed by atoms with Crippen molar-refractivity contribution < 1.29 is 9.59 Å². The molecule has 0 fully saturated rings. The van der Waals surface area contributed by atoms with E-state index in [1.54, 1.807) is 6.92 Å². The molecule has 1 amide bonds. The van der Waals surface area contributed by atoms with Crippen LogP contribution in [-0.4, -0.2) is 28.2 Å². The van der Waals surface area contributed by atoms with Gasteiger partial charge in [-0.2, -0.15) is 0 Å². The van der Waals surface area contributed by atoms with Gasteiger partial charge in [0.1, 0.15) is 11.6 Å². The van der Waals surface area contributed by atoms with Crippen molar-refractivity contribution in [1.29, 1.82) is 0 Å². The highest BCUT2D eigenvalue weighted by molar-refractivity contribution is 5.82. The number of imidazole rings is 1. The van der Waals surface area contributed by atoms with Crippen LogP contribution >= 0.6 is 0 Å². The van der Waals surface area contributed by atoms with E-state index in [2.05, 4.69) is 51.7 Å². The van der Waals surface area contributed by atoms with Crippen molar-refractivity contribution in [1.82, 2.24) is 15.3 Å². The Hall–Kier alpha value is -2.95. The maximum atomic E-state index is 11.6. The fourth-order valence-electron chi connectivity index (χ4n) is 3.28. The summed E-state index contributed by atoms with van der Waals surface area (Å²) in [4.78, 5) is 30.6. The fraction of sp³-hybridized carbons (Fsp3) is 0.348. The van der Waals surface area contributed by atoms with Gasteiger partial charge in [-0.1, -0.05) is 30.3 Å². The summed E-state index contributed by atoms with van der Waals surface area (Å²) in [6.07, 6.45) is 3.50. The van der Waals surface area contributed by atoms with Gasteiger partial charge in [0.05, 0.1) is 11.0 Å². The van der Waals surface area contributed by atoms with Crippen molar-refractivity contribution in [2.24, 2.45) is 0 Å². The van der Waals surface area contributed by atoms with Gasteiger partial charge in [-0.25, -0.2) is 4.98 Å². The molecule has 28 heavy (non-hydrogen) atoms. The molecule has 2 aromatic carbocycles. The number of amides is 1. The lowest BCUT2D eigenvalue weighted by molar-refractivity contribution is -0.121. The monoisotopic (exact) mass is 377 g/mol. The van der Waals surface area contributed by atoms with Crippen LogP contribution in [0.15, 0.2) is 42.5 Å². The number of aromatic nitrogens is 2. The van der Waals surface area contributed by atoms with Crippen LogP contribution in [0.4, 0.5) is 0 Å². The largest absolute Gasteiger partial charge is 0.356 e. The molecule has 0 radical (unpaired) electrons. The van der Waals surface area contributed by atoms with Gasteiger partial charge in [-0.05, 0) is 55.5 Å². The van der Waals surface area contributed by atoms with Crippen LogP contribution in [0.5, 0.6) is 0 Å². The highest BCUT2D eigenvalue weighted by Crippen LogP contribution is 2.24. The Labute approximate surface area is 165 Å². The molecule has 0 spiro atoms. The molecular weight excluding hydrogens is 350 g/mol. The predicted molar refractivity (Wildman–Crippen MR) is 112 cm³/mol. The van der Waals surface area contributed by atoms with Crippen LogP contribution in [-0.2, 0) is 22.4 Å². The molecule has 3 rings (SSSR count). The van der Waals surface area contributed by atoms with Crippen molar-refractivity contribution in [3.63, 3.8) is 0 Å². The molecule has 2 N–H and O–H groups in total. The van der Waals surface area contributed by atoms with Gasteiger partial charge >= 0.3 is 0 Å². The van der Waals surface area contributed by atoms with E-state index in [0.29, 0.717) is 25.8 Å². The molecule has 1 aromatic heterocycles. The summed E-state index contributed by atoms with van der Waals surface area (Å²) < 4.78 is 0. The number of hydrogen-bond donors (Lipinski definition) is 2. The minimum absolute atomic E-state index is 0.0482. The van der Waals surface area contributed by atoms with Gasteiger partial charge in [0.15, 0.2) is 0 Å². The summed E-state index contributed by atoms with van der Waals surface area (Å²) in [6.45, 7) is 4.21. The first-order valence-electron chi connectivity index (χ1n) is 9.89. The van der Waals surface area contributed by atoms with Crippen molar-refractivity contribution in [2.45, 2.75) is 46.0 Å². The van der Waals surface area contributed by atoms with Crippen molar-refractivity contribution in [3.05, 3.63) is 53.9 Å². The molecule has 5 heteroatoms. The number of aromatic amines is 1. The number of aryl methyl sites for hydroxylation is 2. The standard InChI is InChI=1S/C23H27N3O2/c1-3-24-23(28)14-13-22-25-20-12-11-19(15-21(20)26-22)18-9-7-17(8-10-18)6-4-5-16(2)27/h7-12,15H,3-6,13-14H2,1-2H3,(H,24,28)(H,25,26). The molecule has 3 aromatic rings. The normalized spacial score (nSPS) is 10.9. The number of nitrogens with one attached hydrogen (secondary N) is 2. The number of H-pyrrole nitrogens is 1. The zero-order valence-corrected chi connectivity index (χ0v) is 16.5. The zero-order valence-electron chi connectivity index (χ0n) is 16.5. The van der Waals surface area contributed by atoms with Gasteiger partial charge in [-0.3, -0.25) is 4.79 Å². The number of benzene rings is 2. The van der Waals surface area contributed by atoms with Gasteiger partial charge in [0.25, 0.3) is 0 Å². The summed E-state index contributed by atoms with van der Waals surface area (Å²) in [5.41, 5.74) is 5.42. The van der Waals surface area contributed by atoms with E-state index in [4.69, 9.17) is 0 Å². The highest BCUT2D eigenvalue weighted by atomic mass is 16.1. The predicted octanol–water partition coefficient (Wildman–Crippen LogP) is 4.21. The maximum Gasteiger partial charge on any atom is 0.220 e. The Kier molecular flexibility index (Phi) is 6.58. The number of carbonyl (C=O) groups is 2. The average Bonchev–Trinajstić information content (AvgIpc) is 3.09. The molecule has 0 aliphatic carbocycles. The number of Topliss-reactive ketones (excluding diaryl/α,β-unsaturated/α-hetero) is 1. The number of ketones is 1.